The molecule has 1 heterocycles. The molecule has 1 fully saturated rings. The minimum atomic E-state index is -4.21. The number of hydrogen-bond donors (Lipinski definition) is 3. The number of nitrogens with two attached hydrogens (primary N) is 1. The molecule has 1 amide bonds. The lowest BCUT2D eigenvalue weighted by atomic mass is 10.1. The molecule has 1 saturated heterocycles. The third-order valence-corrected chi connectivity index (χ3v) is 6.42. The molecule has 1 aliphatic heterocycles. The predicted molar refractivity (Wildman–Crippen MR) is 137 cm³/mol. The molecule has 0 spiro atoms. The number of piperazine rings is 1. The molecule has 0 aromatic heterocycles. The van der Waals surface area contributed by atoms with Crippen molar-refractivity contribution in [2.45, 2.75) is 25.2 Å². The Morgan fingerprint density at radius 1 is 1.13 bits per heavy atom. The van der Waals surface area contributed by atoms with Gasteiger partial charge in [-0.1, -0.05) is 17.7 Å². The number of carbonyl (C=O) groups is 2. The zero-order valence-electron chi connectivity index (χ0n) is 20.8. The number of methoxy groups -OCH3 is 1. The van der Waals surface area contributed by atoms with E-state index in [0.29, 0.717) is 48.1 Å². The number of nitrogens with zero attached hydrogens (tertiary/aromatic N) is 2. The molecule has 3 rings (SSSR count). The second kappa shape index (κ2) is 13.2. The smallest absolute Gasteiger partial charge is 0.390 e. The van der Waals surface area contributed by atoms with Gasteiger partial charge in [0.15, 0.2) is 0 Å². The Kier molecular flexibility index (Phi) is 10.3. The Morgan fingerprint density at radius 2 is 1.84 bits per heavy atom. The molecule has 0 radical (unpaired) electrons. The Balaban J connectivity index is 1.66. The summed E-state index contributed by atoms with van der Waals surface area (Å²) in [4.78, 5) is 28.2. The fourth-order valence-corrected chi connectivity index (χ4v) is 4.22. The van der Waals surface area contributed by atoms with E-state index in [4.69, 9.17) is 17.3 Å². The summed E-state index contributed by atoms with van der Waals surface area (Å²) < 4.78 is 57.1. The SMILES string of the molecule is COC(=O)[C@H](CN)NCc1ccc(C(=O)Nc2ccc(Cl)cc2N2CCN(CCC(F)(F)F)CC2)c(F)c1. The normalized spacial score (nSPS) is 15.3. The van der Waals surface area contributed by atoms with E-state index in [1.807, 2.05) is 4.90 Å². The van der Waals surface area contributed by atoms with Crippen LogP contribution in [0, 0.1) is 5.82 Å². The van der Waals surface area contributed by atoms with Gasteiger partial charge in [-0.3, -0.25) is 19.8 Å². The van der Waals surface area contributed by atoms with Gasteiger partial charge in [0, 0.05) is 50.8 Å². The van der Waals surface area contributed by atoms with Gasteiger partial charge in [0.1, 0.15) is 11.9 Å². The first kappa shape index (κ1) is 29.6. The number of halogens is 5. The number of ether oxygens (including phenoxy) is 1. The summed E-state index contributed by atoms with van der Waals surface area (Å²) in [5.41, 5.74) is 6.85. The Morgan fingerprint density at radius 3 is 2.45 bits per heavy atom. The number of carbonyl (C=O) groups excluding carboxylic acids is 2. The molecular weight excluding hydrogens is 530 g/mol. The Hall–Kier alpha value is -2.93. The summed E-state index contributed by atoms with van der Waals surface area (Å²) in [6.07, 6.45) is -5.08. The average molecular weight is 560 g/mol. The number of benzene rings is 2. The molecule has 38 heavy (non-hydrogen) atoms. The highest BCUT2D eigenvalue weighted by molar-refractivity contribution is 6.31. The lowest BCUT2D eigenvalue weighted by Gasteiger charge is -2.37. The monoisotopic (exact) mass is 559 g/mol. The molecule has 4 N–H and O–H groups in total. The first-order chi connectivity index (χ1) is 18.0. The molecule has 1 atom stereocenters. The van der Waals surface area contributed by atoms with Crippen LogP contribution in [0.4, 0.5) is 28.9 Å². The van der Waals surface area contributed by atoms with Gasteiger partial charge in [-0.25, -0.2) is 4.39 Å². The van der Waals surface area contributed by atoms with Crippen LogP contribution in [0.5, 0.6) is 0 Å². The van der Waals surface area contributed by atoms with Gasteiger partial charge in [-0.2, -0.15) is 13.2 Å². The summed E-state index contributed by atoms with van der Waals surface area (Å²) in [5.74, 6) is -1.97. The van der Waals surface area contributed by atoms with Gasteiger partial charge in [0.2, 0.25) is 0 Å². The van der Waals surface area contributed by atoms with Crippen molar-refractivity contribution in [3.8, 4) is 0 Å². The van der Waals surface area contributed by atoms with Gasteiger partial charge >= 0.3 is 12.1 Å². The number of alkyl halides is 3. The summed E-state index contributed by atoms with van der Waals surface area (Å²) in [6, 6.07) is 8.17. The van der Waals surface area contributed by atoms with Crippen LogP contribution in [-0.4, -0.2) is 75.4 Å². The molecule has 8 nitrogen and oxygen atoms in total. The van der Waals surface area contributed by atoms with E-state index >= 15 is 0 Å². The second-order valence-electron chi connectivity index (χ2n) is 8.82. The van der Waals surface area contributed by atoms with Crippen LogP contribution in [0.15, 0.2) is 36.4 Å². The maximum absolute atomic E-state index is 14.8. The van der Waals surface area contributed by atoms with Crippen LogP contribution < -0.4 is 21.3 Å². The van der Waals surface area contributed by atoms with Crippen molar-refractivity contribution in [3.05, 3.63) is 58.4 Å². The number of anilines is 2. The van der Waals surface area contributed by atoms with Crippen molar-refractivity contribution in [2.24, 2.45) is 5.73 Å². The zero-order valence-corrected chi connectivity index (χ0v) is 21.5. The highest BCUT2D eigenvalue weighted by Crippen LogP contribution is 2.31. The molecule has 1 aliphatic rings. The van der Waals surface area contributed by atoms with E-state index in [0.717, 1.165) is 0 Å². The van der Waals surface area contributed by atoms with Crippen LogP contribution >= 0.6 is 11.6 Å². The molecule has 2 aromatic carbocycles. The minimum absolute atomic E-state index is 0.00166. The summed E-state index contributed by atoms with van der Waals surface area (Å²) >= 11 is 6.17. The number of esters is 1. The predicted octanol–water partition coefficient (Wildman–Crippen LogP) is 3.40. The number of nitrogens with one attached hydrogen (secondary N) is 2. The van der Waals surface area contributed by atoms with Gasteiger partial charge in [-0.05, 0) is 35.9 Å². The van der Waals surface area contributed by atoms with Gasteiger partial charge < -0.3 is 20.7 Å². The van der Waals surface area contributed by atoms with Crippen LogP contribution in [0.2, 0.25) is 5.02 Å². The van der Waals surface area contributed by atoms with E-state index in [1.54, 1.807) is 29.2 Å². The standard InChI is InChI=1S/C25H30ClF4N5O3/c1-38-24(37)21(14-31)32-15-16-2-4-18(19(27)12-16)23(36)33-20-5-3-17(26)13-22(20)35-10-8-34(9-11-35)7-6-25(28,29)30/h2-5,12-13,21,32H,6-11,14-15,31H2,1H3,(H,33,36)/t21-/m0/s1. The Bertz CT molecular complexity index is 1130. The van der Waals surface area contributed by atoms with E-state index in [9.17, 15) is 27.2 Å². The van der Waals surface area contributed by atoms with Crippen molar-refractivity contribution in [3.63, 3.8) is 0 Å². The fourth-order valence-electron chi connectivity index (χ4n) is 4.06. The fraction of sp³-hybridized carbons (Fsp3) is 0.440. The Labute approximate surface area is 223 Å². The highest BCUT2D eigenvalue weighted by Gasteiger charge is 2.29. The maximum Gasteiger partial charge on any atom is 0.390 e. The third-order valence-electron chi connectivity index (χ3n) is 6.18. The molecule has 2 aromatic rings. The van der Waals surface area contributed by atoms with Crippen molar-refractivity contribution >= 4 is 34.9 Å². The average Bonchev–Trinajstić information content (AvgIpc) is 2.88. The molecule has 0 aliphatic carbocycles. The van der Waals surface area contributed by atoms with Gasteiger partial charge in [0.05, 0.1) is 30.5 Å². The molecule has 0 bridgehead atoms. The molecule has 13 heteroatoms. The van der Waals surface area contributed by atoms with Crippen LogP contribution in [0.1, 0.15) is 22.3 Å². The van der Waals surface area contributed by atoms with Crippen LogP contribution in [-0.2, 0) is 16.1 Å². The van der Waals surface area contributed by atoms with Crippen molar-refractivity contribution in [2.75, 3.05) is 56.6 Å². The lowest BCUT2D eigenvalue weighted by Crippen LogP contribution is -2.47. The molecular formula is C25H30ClF4N5O3. The summed E-state index contributed by atoms with van der Waals surface area (Å²) in [5, 5.41) is 6.01. The van der Waals surface area contributed by atoms with E-state index in [-0.39, 0.29) is 25.2 Å². The topological polar surface area (TPSA) is 99.9 Å². The first-order valence-electron chi connectivity index (χ1n) is 12.0. The third kappa shape index (κ3) is 8.29. The van der Waals surface area contributed by atoms with Crippen LogP contribution in [0.3, 0.4) is 0 Å². The van der Waals surface area contributed by atoms with E-state index in [1.165, 1.54) is 19.2 Å². The number of hydrogen-bond acceptors (Lipinski definition) is 7. The molecule has 0 saturated carbocycles. The first-order valence-corrected chi connectivity index (χ1v) is 12.3. The van der Waals surface area contributed by atoms with Crippen LogP contribution in [0.25, 0.3) is 0 Å². The van der Waals surface area contributed by atoms with Crippen molar-refractivity contribution in [1.29, 1.82) is 0 Å². The molecule has 208 valence electrons. The maximum atomic E-state index is 14.8. The minimum Gasteiger partial charge on any atom is -0.468 e. The van der Waals surface area contributed by atoms with Gasteiger partial charge in [-0.15, -0.1) is 0 Å². The summed E-state index contributed by atoms with van der Waals surface area (Å²) in [7, 11) is 1.24. The summed E-state index contributed by atoms with van der Waals surface area (Å²) in [6.45, 7) is 1.77. The quantitative estimate of drug-likeness (QED) is 0.303. The molecule has 0 unspecified atom stereocenters. The highest BCUT2D eigenvalue weighted by atomic mass is 35.5. The second-order valence-corrected chi connectivity index (χ2v) is 9.25. The van der Waals surface area contributed by atoms with E-state index in [2.05, 4.69) is 15.4 Å². The van der Waals surface area contributed by atoms with Crippen molar-refractivity contribution in [1.82, 2.24) is 10.2 Å². The lowest BCUT2D eigenvalue weighted by molar-refractivity contribution is -0.143. The van der Waals surface area contributed by atoms with Crippen molar-refractivity contribution < 1.29 is 31.9 Å². The number of amides is 1. The van der Waals surface area contributed by atoms with E-state index < -0.39 is 36.3 Å². The number of rotatable bonds is 10. The zero-order chi connectivity index (χ0) is 27.9. The van der Waals surface area contributed by atoms with Gasteiger partial charge in [0.25, 0.3) is 5.91 Å². The largest absolute Gasteiger partial charge is 0.468 e.